The maximum atomic E-state index is 12.4. The van der Waals surface area contributed by atoms with E-state index in [0.29, 0.717) is 5.56 Å². The van der Waals surface area contributed by atoms with Gasteiger partial charge in [0.1, 0.15) is 0 Å². The summed E-state index contributed by atoms with van der Waals surface area (Å²) in [5, 5.41) is -0.382. The third-order valence-corrected chi connectivity index (χ3v) is 2.87. The monoisotopic (exact) mass is 236 g/mol. The maximum absolute atomic E-state index is 12.4. The van der Waals surface area contributed by atoms with Gasteiger partial charge in [0.2, 0.25) is 0 Å². The van der Waals surface area contributed by atoms with Crippen LogP contribution in [0.15, 0.2) is 24.3 Å². The number of hydrogen-bond donors (Lipinski definition) is 0. The Labute approximate surface area is 92.1 Å². The molecular formula is C11H12ClF3. The van der Waals surface area contributed by atoms with E-state index in [9.17, 15) is 13.2 Å². The highest BCUT2D eigenvalue weighted by Crippen LogP contribution is 2.34. The highest BCUT2D eigenvalue weighted by molar-refractivity contribution is 6.20. The zero-order chi connectivity index (χ0) is 11.6. The third kappa shape index (κ3) is 3.13. The SMILES string of the molecule is CC(C)C(Cl)c1cccc(C(F)(F)F)c1. The lowest BCUT2D eigenvalue weighted by Gasteiger charge is -2.15. The fourth-order valence-electron chi connectivity index (χ4n) is 1.27. The predicted octanol–water partition coefficient (Wildman–Crippen LogP) is 4.64. The van der Waals surface area contributed by atoms with Crippen LogP contribution < -0.4 is 0 Å². The van der Waals surface area contributed by atoms with Crippen LogP contribution in [0.25, 0.3) is 0 Å². The molecule has 0 bridgehead atoms. The van der Waals surface area contributed by atoms with Crippen molar-refractivity contribution in [2.75, 3.05) is 0 Å². The van der Waals surface area contributed by atoms with Crippen LogP contribution in [-0.2, 0) is 6.18 Å². The van der Waals surface area contributed by atoms with Crippen LogP contribution in [0.3, 0.4) is 0 Å². The molecule has 15 heavy (non-hydrogen) atoms. The van der Waals surface area contributed by atoms with E-state index in [2.05, 4.69) is 0 Å². The standard InChI is InChI=1S/C11H12ClF3/c1-7(2)10(12)8-4-3-5-9(6-8)11(13,14)15/h3-7,10H,1-2H3. The molecule has 0 spiro atoms. The van der Waals surface area contributed by atoms with Crippen molar-refractivity contribution >= 4 is 11.6 Å². The predicted molar refractivity (Wildman–Crippen MR) is 54.9 cm³/mol. The van der Waals surface area contributed by atoms with Gasteiger partial charge >= 0.3 is 6.18 Å². The first-order chi connectivity index (χ1) is 6.82. The van der Waals surface area contributed by atoms with Gasteiger partial charge in [-0.2, -0.15) is 13.2 Å². The molecule has 0 saturated carbocycles. The van der Waals surface area contributed by atoms with Crippen molar-refractivity contribution < 1.29 is 13.2 Å². The van der Waals surface area contributed by atoms with Crippen molar-refractivity contribution in [1.82, 2.24) is 0 Å². The average molecular weight is 237 g/mol. The van der Waals surface area contributed by atoms with E-state index in [-0.39, 0.29) is 11.3 Å². The zero-order valence-electron chi connectivity index (χ0n) is 8.48. The van der Waals surface area contributed by atoms with Gasteiger partial charge in [-0.15, -0.1) is 11.6 Å². The van der Waals surface area contributed by atoms with Gasteiger partial charge in [-0.1, -0.05) is 32.0 Å². The van der Waals surface area contributed by atoms with E-state index in [0.717, 1.165) is 12.1 Å². The van der Waals surface area contributed by atoms with Gasteiger partial charge in [-0.05, 0) is 17.5 Å². The van der Waals surface area contributed by atoms with Crippen LogP contribution in [0.5, 0.6) is 0 Å². The van der Waals surface area contributed by atoms with Crippen molar-refractivity contribution in [3.05, 3.63) is 35.4 Å². The van der Waals surface area contributed by atoms with Crippen molar-refractivity contribution in [3.63, 3.8) is 0 Å². The minimum absolute atomic E-state index is 0.107. The molecule has 0 aromatic heterocycles. The van der Waals surface area contributed by atoms with Gasteiger partial charge in [0.15, 0.2) is 0 Å². The molecule has 0 fully saturated rings. The van der Waals surface area contributed by atoms with Crippen LogP contribution in [0.4, 0.5) is 13.2 Å². The molecule has 1 aromatic carbocycles. The Hall–Kier alpha value is -0.700. The smallest absolute Gasteiger partial charge is 0.166 e. The lowest BCUT2D eigenvalue weighted by atomic mass is 10.0. The van der Waals surface area contributed by atoms with Gasteiger partial charge in [-0.3, -0.25) is 0 Å². The summed E-state index contributed by atoms with van der Waals surface area (Å²) in [6, 6.07) is 5.16. The first-order valence-electron chi connectivity index (χ1n) is 4.63. The second kappa shape index (κ2) is 4.44. The van der Waals surface area contributed by atoms with Crippen LogP contribution in [-0.4, -0.2) is 0 Å². The highest BCUT2D eigenvalue weighted by atomic mass is 35.5. The Morgan fingerprint density at radius 3 is 2.27 bits per heavy atom. The highest BCUT2D eigenvalue weighted by Gasteiger charge is 2.31. The van der Waals surface area contributed by atoms with Crippen LogP contribution >= 0.6 is 11.6 Å². The lowest BCUT2D eigenvalue weighted by molar-refractivity contribution is -0.137. The van der Waals surface area contributed by atoms with E-state index >= 15 is 0 Å². The van der Waals surface area contributed by atoms with E-state index in [4.69, 9.17) is 11.6 Å². The van der Waals surface area contributed by atoms with Crippen LogP contribution in [0.2, 0.25) is 0 Å². The van der Waals surface area contributed by atoms with Crippen molar-refractivity contribution in [2.24, 2.45) is 5.92 Å². The van der Waals surface area contributed by atoms with Crippen LogP contribution in [0.1, 0.15) is 30.4 Å². The van der Waals surface area contributed by atoms with Crippen molar-refractivity contribution in [3.8, 4) is 0 Å². The molecule has 0 radical (unpaired) electrons. The zero-order valence-corrected chi connectivity index (χ0v) is 9.23. The number of halogens is 4. The molecule has 0 aliphatic rings. The second-order valence-electron chi connectivity index (χ2n) is 3.77. The van der Waals surface area contributed by atoms with E-state index in [1.807, 2.05) is 13.8 Å². The topological polar surface area (TPSA) is 0 Å². The molecular weight excluding hydrogens is 225 g/mol. The number of rotatable bonds is 2. The summed E-state index contributed by atoms with van der Waals surface area (Å²) >= 11 is 6.00. The van der Waals surface area contributed by atoms with E-state index in [1.54, 1.807) is 6.07 Å². The molecule has 84 valence electrons. The van der Waals surface area contributed by atoms with E-state index < -0.39 is 11.7 Å². The molecule has 1 unspecified atom stereocenters. The fourth-order valence-corrected chi connectivity index (χ4v) is 1.41. The normalized spacial score (nSPS) is 14.3. The van der Waals surface area contributed by atoms with Gasteiger partial charge in [0.25, 0.3) is 0 Å². The summed E-state index contributed by atoms with van der Waals surface area (Å²) in [5.41, 5.74) is -0.132. The molecule has 0 heterocycles. The summed E-state index contributed by atoms with van der Waals surface area (Å²) in [7, 11) is 0. The fraction of sp³-hybridized carbons (Fsp3) is 0.455. The average Bonchev–Trinajstić information content (AvgIpc) is 2.15. The minimum Gasteiger partial charge on any atom is -0.166 e. The minimum atomic E-state index is -4.30. The Bertz CT molecular complexity index is 331. The molecule has 0 amide bonds. The largest absolute Gasteiger partial charge is 0.416 e. The number of hydrogen-bond acceptors (Lipinski definition) is 0. The lowest BCUT2D eigenvalue weighted by Crippen LogP contribution is -2.07. The molecule has 1 aromatic rings. The van der Waals surface area contributed by atoms with Crippen molar-refractivity contribution in [2.45, 2.75) is 25.4 Å². The summed E-state index contributed by atoms with van der Waals surface area (Å²) < 4.78 is 37.2. The van der Waals surface area contributed by atoms with Crippen molar-refractivity contribution in [1.29, 1.82) is 0 Å². The first-order valence-corrected chi connectivity index (χ1v) is 5.07. The maximum Gasteiger partial charge on any atom is 0.416 e. The summed E-state index contributed by atoms with van der Waals surface area (Å²) in [5.74, 6) is 0.107. The van der Waals surface area contributed by atoms with Gasteiger partial charge in [-0.25, -0.2) is 0 Å². The van der Waals surface area contributed by atoms with Gasteiger partial charge in [0.05, 0.1) is 10.9 Å². The molecule has 1 rings (SSSR count). The molecule has 0 aliphatic carbocycles. The van der Waals surface area contributed by atoms with E-state index in [1.165, 1.54) is 6.07 Å². The number of alkyl halides is 4. The quantitative estimate of drug-likeness (QED) is 0.656. The summed E-state index contributed by atoms with van der Waals surface area (Å²) in [6.45, 7) is 3.75. The van der Waals surface area contributed by atoms with Gasteiger partial charge < -0.3 is 0 Å². The Morgan fingerprint density at radius 1 is 1.20 bits per heavy atom. The molecule has 1 atom stereocenters. The molecule has 0 nitrogen and oxygen atoms in total. The Morgan fingerprint density at radius 2 is 1.80 bits per heavy atom. The Kier molecular flexibility index (Phi) is 3.66. The molecule has 0 N–H and O–H groups in total. The third-order valence-electron chi connectivity index (χ3n) is 2.12. The summed E-state index contributed by atoms with van der Waals surface area (Å²) in [4.78, 5) is 0. The Balaban J connectivity index is 3.03. The molecule has 0 saturated heterocycles. The molecule has 0 aliphatic heterocycles. The van der Waals surface area contributed by atoms with Gasteiger partial charge in [0, 0.05) is 0 Å². The number of benzene rings is 1. The molecule has 4 heteroatoms. The summed E-state index contributed by atoms with van der Waals surface area (Å²) in [6.07, 6.45) is -4.30. The van der Waals surface area contributed by atoms with Crippen LogP contribution in [0, 0.1) is 5.92 Å². The second-order valence-corrected chi connectivity index (χ2v) is 4.24. The first kappa shape index (κ1) is 12.4.